The molecule has 1 aliphatic heterocycles. The van der Waals surface area contributed by atoms with Crippen molar-refractivity contribution in [3.05, 3.63) is 12.7 Å². The zero-order chi connectivity index (χ0) is 14.6. The van der Waals surface area contributed by atoms with Crippen molar-refractivity contribution in [2.45, 2.75) is 25.2 Å². The molecule has 1 aliphatic rings. The molecule has 1 rings (SSSR count). The van der Waals surface area contributed by atoms with Crippen molar-refractivity contribution in [3.63, 3.8) is 0 Å². The van der Waals surface area contributed by atoms with Gasteiger partial charge in [0.1, 0.15) is 0 Å². The topological polar surface area (TPSA) is 58.6 Å². The maximum Gasteiger partial charge on any atom is 0.416 e. The zero-order valence-corrected chi connectivity index (χ0v) is 10.4. The van der Waals surface area contributed by atoms with E-state index in [-0.39, 0.29) is 19.7 Å². The smallest absolute Gasteiger partial charge is 0.365 e. The van der Waals surface area contributed by atoms with Crippen LogP contribution in [0.15, 0.2) is 12.7 Å². The van der Waals surface area contributed by atoms with E-state index < -0.39 is 30.1 Å². The lowest BCUT2D eigenvalue weighted by atomic mass is 10.1. The average Bonchev–Trinajstić information content (AvgIpc) is 2.34. The molecule has 0 bridgehead atoms. The van der Waals surface area contributed by atoms with Gasteiger partial charge in [0, 0.05) is 6.54 Å². The number of amides is 2. The number of morpholine rings is 1. The van der Waals surface area contributed by atoms with E-state index in [4.69, 9.17) is 0 Å². The summed E-state index contributed by atoms with van der Waals surface area (Å²) < 4.78 is 42.6. The number of halogens is 3. The lowest BCUT2D eigenvalue weighted by Crippen LogP contribution is -2.58. The summed E-state index contributed by atoms with van der Waals surface area (Å²) in [6.45, 7) is 3.99. The Balaban J connectivity index is 2.64. The summed E-state index contributed by atoms with van der Waals surface area (Å²) in [6.07, 6.45) is -5.54. The van der Waals surface area contributed by atoms with E-state index in [0.717, 1.165) is 11.0 Å². The molecule has 1 heterocycles. The van der Waals surface area contributed by atoms with Gasteiger partial charge >= 0.3 is 6.18 Å². The molecule has 2 atom stereocenters. The molecule has 19 heavy (non-hydrogen) atoms. The summed E-state index contributed by atoms with van der Waals surface area (Å²) in [4.78, 5) is 23.7. The maximum absolute atomic E-state index is 12.7. The van der Waals surface area contributed by atoms with Crippen LogP contribution in [0.25, 0.3) is 0 Å². The Hall–Kier alpha value is -1.57. The monoisotopic (exact) mass is 280 g/mol. The van der Waals surface area contributed by atoms with E-state index in [2.05, 4.69) is 16.6 Å². The summed E-state index contributed by atoms with van der Waals surface area (Å²) in [6, 6.07) is -1.12. The normalized spacial score (nSPS) is 23.9. The van der Waals surface area contributed by atoms with Crippen LogP contribution in [0.1, 0.15) is 6.92 Å². The molecule has 2 amide bonds. The van der Waals surface area contributed by atoms with Gasteiger partial charge in [-0.05, 0) is 13.0 Å². The number of nitrogens with zero attached hydrogens (tertiary/aromatic N) is 1. The van der Waals surface area contributed by atoms with Crippen LogP contribution in [-0.4, -0.2) is 54.7 Å². The number of carbonyl (C=O) groups is 2. The molecule has 5 nitrogen and oxygen atoms in total. The Labute approximate surface area is 108 Å². The van der Waals surface area contributed by atoms with Crippen molar-refractivity contribution < 1.29 is 27.5 Å². The standard InChI is InChI=1S/C11H15F3N2O3/c1-3-8(17)15-6-9(18)16-4-5-19-10(7(16)2)11(12,13)14/h3,7,10H,1,4-6H2,2H3,(H,15,17). The average molecular weight is 280 g/mol. The van der Waals surface area contributed by atoms with Gasteiger partial charge in [-0.25, -0.2) is 0 Å². The Morgan fingerprint density at radius 2 is 2.16 bits per heavy atom. The highest BCUT2D eigenvalue weighted by Gasteiger charge is 2.48. The number of carbonyl (C=O) groups excluding carboxylic acids is 2. The van der Waals surface area contributed by atoms with Gasteiger partial charge in [0.05, 0.1) is 19.2 Å². The van der Waals surface area contributed by atoms with Gasteiger partial charge in [-0.2, -0.15) is 13.2 Å². The lowest BCUT2D eigenvalue weighted by molar-refractivity contribution is -0.249. The van der Waals surface area contributed by atoms with Crippen molar-refractivity contribution in [1.82, 2.24) is 10.2 Å². The summed E-state index contributed by atoms with van der Waals surface area (Å²) >= 11 is 0. The van der Waals surface area contributed by atoms with Gasteiger partial charge in [-0.1, -0.05) is 6.58 Å². The molecule has 2 unspecified atom stereocenters. The second-order valence-corrected chi connectivity index (χ2v) is 4.08. The summed E-state index contributed by atoms with van der Waals surface area (Å²) in [5.41, 5.74) is 0. The first-order valence-electron chi connectivity index (χ1n) is 5.65. The van der Waals surface area contributed by atoms with Crippen molar-refractivity contribution in [2.75, 3.05) is 19.7 Å². The Morgan fingerprint density at radius 3 is 2.68 bits per heavy atom. The molecule has 0 aromatic rings. The van der Waals surface area contributed by atoms with Crippen LogP contribution < -0.4 is 5.32 Å². The van der Waals surface area contributed by atoms with E-state index in [9.17, 15) is 22.8 Å². The number of ether oxygens (including phenoxy) is 1. The second-order valence-electron chi connectivity index (χ2n) is 4.08. The molecular formula is C11H15F3N2O3. The van der Waals surface area contributed by atoms with Gasteiger partial charge in [-0.3, -0.25) is 9.59 Å². The molecule has 0 spiro atoms. The van der Waals surface area contributed by atoms with Gasteiger partial charge < -0.3 is 15.0 Å². The van der Waals surface area contributed by atoms with Gasteiger partial charge in [0.15, 0.2) is 6.10 Å². The van der Waals surface area contributed by atoms with Crippen LogP contribution in [0.4, 0.5) is 13.2 Å². The van der Waals surface area contributed by atoms with E-state index >= 15 is 0 Å². The van der Waals surface area contributed by atoms with Crippen LogP contribution in [-0.2, 0) is 14.3 Å². The highest BCUT2D eigenvalue weighted by Crippen LogP contribution is 2.29. The van der Waals surface area contributed by atoms with Crippen LogP contribution >= 0.6 is 0 Å². The van der Waals surface area contributed by atoms with E-state index in [0.29, 0.717) is 0 Å². The van der Waals surface area contributed by atoms with E-state index in [1.165, 1.54) is 6.92 Å². The number of hydrogen-bond donors (Lipinski definition) is 1. The molecule has 0 saturated carbocycles. The fourth-order valence-electron chi connectivity index (χ4n) is 1.84. The second kappa shape index (κ2) is 6.05. The largest absolute Gasteiger partial charge is 0.416 e. The highest BCUT2D eigenvalue weighted by atomic mass is 19.4. The molecule has 0 radical (unpaired) electrons. The number of nitrogens with one attached hydrogen (secondary N) is 1. The molecule has 0 aliphatic carbocycles. The third-order valence-electron chi connectivity index (χ3n) is 2.80. The summed E-state index contributed by atoms with van der Waals surface area (Å²) in [5.74, 6) is -1.14. The van der Waals surface area contributed by atoms with Crippen LogP contribution in [0, 0.1) is 0 Å². The predicted molar refractivity (Wildman–Crippen MR) is 60.2 cm³/mol. The molecule has 1 saturated heterocycles. The predicted octanol–water partition coefficient (Wildman–Crippen LogP) is 0.467. The first kappa shape index (κ1) is 15.5. The minimum Gasteiger partial charge on any atom is -0.365 e. The fraction of sp³-hybridized carbons (Fsp3) is 0.636. The SMILES string of the molecule is C=CC(=O)NCC(=O)N1CCOC(C(F)(F)F)C1C. The highest BCUT2D eigenvalue weighted by molar-refractivity contribution is 5.90. The Bertz CT molecular complexity index is 371. The number of alkyl halides is 3. The van der Waals surface area contributed by atoms with Gasteiger partial charge in [0.25, 0.3) is 0 Å². The quantitative estimate of drug-likeness (QED) is 0.764. The molecule has 1 fully saturated rings. The van der Waals surface area contributed by atoms with Crippen LogP contribution in [0.2, 0.25) is 0 Å². The van der Waals surface area contributed by atoms with Crippen molar-refractivity contribution in [2.24, 2.45) is 0 Å². The van der Waals surface area contributed by atoms with E-state index in [1.54, 1.807) is 0 Å². The molecule has 0 aromatic carbocycles. The van der Waals surface area contributed by atoms with E-state index in [1.807, 2.05) is 0 Å². The molecule has 8 heteroatoms. The molecule has 1 N–H and O–H groups in total. The molecule has 0 aromatic heterocycles. The van der Waals surface area contributed by atoms with Crippen molar-refractivity contribution in [3.8, 4) is 0 Å². The summed E-state index contributed by atoms with van der Waals surface area (Å²) in [5, 5.41) is 2.23. The first-order chi connectivity index (χ1) is 8.77. The van der Waals surface area contributed by atoms with Crippen LogP contribution in [0.3, 0.4) is 0 Å². The Morgan fingerprint density at radius 1 is 1.53 bits per heavy atom. The molecular weight excluding hydrogens is 265 g/mol. The third kappa shape index (κ3) is 3.95. The molecule has 108 valence electrons. The fourth-order valence-corrected chi connectivity index (χ4v) is 1.84. The lowest BCUT2D eigenvalue weighted by Gasteiger charge is -2.39. The number of rotatable bonds is 3. The van der Waals surface area contributed by atoms with Crippen molar-refractivity contribution in [1.29, 1.82) is 0 Å². The minimum atomic E-state index is -4.53. The van der Waals surface area contributed by atoms with Crippen LogP contribution in [0.5, 0.6) is 0 Å². The van der Waals surface area contributed by atoms with Gasteiger partial charge in [0.2, 0.25) is 11.8 Å². The number of hydrogen-bond acceptors (Lipinski definition) is 3. The Kier molecular flexibility index (Phi) is 4.93. The summed E-state index contributed by atoms with van der Waals surface area (Å²) in [7, 11) is 0. The first-order valence-corrected chi connectivity index (χ1v) is 5.65. The zero-order valence-electron chi connectivity index (χ0n) is 10.4. The third-order valence-corrected chi connectivity index (χ3v) is 2.80. The van der Waals surface area contributed by atoms with Gasteiger partial charge in [-0.15, -0.1) is 0 Å². The minimum absolute atomic E-state index is 0.0660. The van der Waals surface area contributed by atoms with Crippen molar-refractivity contribution >= 4 is 11.8 Å². The maximum atomic E-state index is 12.7.